The molecule has 0 bridgehead atoms. The lowest BCUT2D eigenvalue weighted by molar-refractivity contribution is -0.145. The third-order valence-electron chi connectivity index (χ3n) is 7.59. The third-order valence-corrected chi connectivity index (χ3v) is 8.85. The van der Waals surface area contributed by atoms with Gasteiger partial charge in [0.15, 0.2) is 5.78 Å². The molecule has 3 aromatic carbocycles. The van der Waals surface area contributed by atoms with Gasteiger partial charge < -0.3 is 20.1 Å². The van der Waals surface area contributed by atoms with Crippen LogP contribution in [0.1, 0.15) is 54.1 Å². The van der Waals surface area contributed by atoms with Crippen LogP contribution < -0.4 is 20.7 Å². The Kier molecular flexibility index (Phi) is 12.3. The summed E-state index contributed by atoms with van der Waals surface area (Å²) < 4.78 is 30.6. The monoisotopic (exact) mass is 643 g/mol. The normalized spacial score (nSPS) is 17.0. The van der Waals surface area contributed by atoms with Gasteiger partial charge in [0.05, 0.1) is 5.69 Å². The highest BCUT2D eigenvalue weighted by Gasteiger charge is 2.30. The summed E-state index contributed by atoms with van der Waals surface area (Å²) in [4.78, 5) is 43.2. The molecule has 0 aromatic heterocycles. The molecule has 0 radical (unpaired) electrons. The van der Waals surface area contributed by atoms with Crippen molar-refractivity contribution in [3.8, 4) is 5.75 Å². The van der Waals surface area contributed by atoms with E-state index in [9.17, 15) is 22.8 Å². The first kappa shape index (κ1) is 34.6. The molecule has 12 heteroatoms. The SMILES string of the molecule is CC(=O)c1ccc(NOC(=O)[C@H](Cc2ccc(OS(=O)(=O)c3ccc(C)cc3)cc2)NC(=O)C2CCC(CN)CC2)cc1.Cl. The van der Waals surface area contributed by atoms with E-state index >= 15 is 0 Å². The van der Waals surface area contributed by atoms with Crippen molar-refractivity contribution >= 4 is 45.9 Å². The molecule has 3 aromatic rings. The molecule has 0 aliphatic heterocycles. The lowest BCUT2D eigenvalue weighted by Gasteiger charge is -2.28. The third kappa shape index (κ3) is 9.54. The number of nitrogens with two attached hydrogens (primary N) is 1. The zero-order chi connectivity index (χ0) is 31.0. The summed E-state index contributed by atoms with van der Waals surface area (Å²) >= 11 is 0. The Labute approximate surface area is 264 Å². The highest BCUT2D eigenvalue weighted by molar-refractivity contribution is 7.87. The van der Waals surface area contributed by atoms with Gasteiger partial charge in [-0.15, -0.1) is 12.4 Å². The molecule has 4 N–H and O–H groups in total. The molecule has 0 unspecified atom stereocenters. The molecule has 1 amide bonds. The molecule has 1 fully saturated rings. The van der Waals surface area contributed by atoms with Crippen LogP contribution in [0.5, 0.6) is 5.75 Å². The van der Waals surface area contributed by atoms with E-state index in [-0.39, 0.29) is 47.1 Å². The number of nitrogens with one attached hydrogen (secondary N) is 2. The van der Waals surface area contributed by atoms with Gasteiger partial charge >= 0.3 is 16.1 Å². The lowest BCUT2D eigenvalue weighted by atomic mass is 9.81. The molecular formula is C32H38ClN3O7S. The second-order valence-corrected chi connectivity index (χ2v) is 12.4. The Bertz CT molecular complexity index is 1520. The standard InChI is InChI=1S/C32H37N3O7S.ClH/c1-21-3-17-29(18-4-21)43(39,40)42-28-15-7-23(8-16-28)19-30(34-31(37)26-9-5-24(20-33)6-10-26)32(38)41-35-27-13-11-25(12-14-27)22(2)36;/h3-4,7-8,11-18,24,26,30,35H,5-6,9-10,19-20,33H2,1-2H3,(H,34,37);1H/t24?,26?,30-;/m0./s1. The van der Waals surface area contributed by atoms with Crippen molar-refractivity contribution in [3.63, 3.8) is 0 Å². The van der Waals surface area contributed by atoms with Crippen LogP contribution >= 0.6 is 12.4 Å². The lowest BCUT2D eigenvalue weighted by Crippen LogP contribution is -2.47. The van der Waals surface area contributed by atoms with Crippen LogP contribution in [0.15, 0.2) is 77.7 Å². The summed E-state index contributed by atoms with van der Waals surface area (Å²) in [7, 11) is -4.02. The molecule has 4 rings (SSSR count). The number of anilines is 1. The van der Waals surface area contributed by atoms with E-state index in [1.54, 1.807) is 48.5 Å². The first-order valence-electron chi connectivity index (χ1n) is 14.2. The number of benzene rings is 3. The van der Waals surface area contributed by atoms with Crippen molar-refractivity contribution < 1.29 is 31.8 Å². The highest BCUT2D eigenvalue weighted by atomic mass is 35.5. The first-order chi connectivity index (χ1) is 20.5. The van der Waals surface area contributed by atoms with Crippen molar-refractivity contribution in [2.75, 3.05) is 12.0 Å². The minimum Gasteiger partial charge on any atom is -0.379 e. The van der Waals surface area contributed by atoms with Crippen LogP contribution in [-0.2, 0) is 31.0 Å². The molecule has 44 heavy (non-hydrogen) atoms. The minimum atomic E-state index is -4.02. The van der Waals surface area contributed by atoms with Crippen LogP contribution in [-0.4, -0.2) is 38.7 Å². The number of halogens is 1. The van der Waals surface area contributed by atoms with E-state index in [2.05, 4.69) is 10.8 Å². The zero-order valence-corrected chi connectivity index (χ0v) is 26.3. The van der Waals surface area contributed by atoms with Crippen LogP contribution in [0.2, 0.25) is 0 Å². The van der Waals surface area contributed by atoms with Gasteiger partial charge in [-0.05, 0) is 106 Å². The number of hydrogen-bond donors (Lipinski definition) is 3. The van der Waals surface area contributed by atoms with Crippen molar-refractivity contribution in [1.29, 1.82) is 0 Å². The Morgan fingerprint density at radius 1 is 0.909 bits per heavy atom. The Balaban J connectivity index is 0.00000529. The predicted molar refractivity (Wildman–Crippen MR) is 169 cm³/mol. The summed E-state index contributed by atoms with van der Waals surface area (Å²) in [6, 6.07) is 18.0. The molecule has 1 aliphatic carbocycles. The van der Waals surface area contributed by atoms with Gasteiger partial charge in [0, 0.05) is 17.9 Å². The van der Waals surface area contributed by atoms with Gasteiger partial charge in [-0.1, -0.05) is 29.8 Å². The molecule has 1 atom stereocenters. The van der Waals surface area contributed by atoms with Crippen molar-refractivity contribution in [1.82, 2.24) is 5.32 Å². The van der Waals surface area contributed by atoms with Crippen LogP contribution in [0.25, 0.3) is 0 Å². The fraction of sp³-hybridized carbons (Fsp3) is 0.344. The number of carbonyl (C=O) groups is 3. The summed E-state index contributed by atoms with van der Waals surface area (Å²) in [5.74, 6) is -0.739. The molecule has 1 aliphatic rings. The van der Waals surface area contributed by atoms with E-state index in [4.69, 9.17) is 14.8 Å². The maximum Gasteiger partial charge on any atom is 0.354 e. The second kappa shape index (κ2) is 15.7. The van der Waals surface area contributed by atoms with Crippen molar-refractivity contribution in [3.05, 3.63) is 89.5 Å². The van der Waals surface area contributed by atoms with Crippen LogP contribution in [0.4, 0.5) is 5.69 Å². The molecule has 0 saturated heterocycles. The maximum absolute atomic E-state index is 13.2. The van der Waals surface area contributed by atoms with Gasteiger partial charge in [0.2, 0.25) is 5.91 Å². The summed E-state index contributed by atoms with van der Waals surface area (Å²) in [6.45, 7) is 3.91. The van der Waals surface area contributed by atoms with E-state index in [1.807, 2.05) is 6.92 Å². The number of amides is 1. The Morgan fingerprint density at radius 3 is 2.09 bits per heavy atom. The van der Waals surface area contributed by atoms with Gasteiger partial charge in [-0.3, -0.25) is 9.59 Å². The Morgan fingerprint density at radius 2 is 1.52 bits per heavy atom. The van der Waals surface area contributed by atoms with Crippen LogP contribution in [0.3, 0.4) is 0 Å². The van der Waals surface area contributed by atoms with Gasteiger partial charge in [-0.25, -0.2) is 10.3 Å². The quantitative estimate of drug-likeness (QED) is 0.144. The van der Waals surface area contributed by atoms with Gasteiger partial charge in [0.25, 0.3) is 0 Å². The number of Topliss-reactive ketones (excluding diaryl/α,β-unsaturated/α-hetero) is 1. The van der Waals surface area contributed by atoms with E-state index in [0.717, 1.165) is 18.4 Å². The van der Waals surface area contributed by atoms with Crippen molar-refractivity contribution in [2.45, 2.75) is 56.9 Å². The summed E-state index contributed by atoms with van der Waals surface area (Å²) in [5, 5.41) is 2.85. The maximum atomic E-state index is 13.2. The molecule has 0 spiro atoms. The van der Waals surface area contributed by atoms with Gasteiger partial charge in [-0.2, -0.15) is 8.42 Å². The minimum absolute atomic E-state index is 0. The average molecular weight is 644 g/mol. The molecule has 236 valence electrons. The van der Waals surface area contributed by atoms with E-state index < -0.39 is 22.1 Å². The van der Waals surface area contributed by atoms with Gasteiger partial charge in [0.1, 0.15) is 16.7 Å². The molecular weight excluding hydrogens is 606 g/mol. The number of aryl methyl sites for hydroxylation is 1. The largest absolute Gasteiger partial charge is 0.379 e. The average Bonchev–Trinajstić information content (AvgIpc) is 3.00. The Hall–Kier alpha value is -3.93. The molecule has 0 heterocycles. The summed E-state index contributed by atoms with van der Waals surface area (Å²) in [6.07, 6.45) is 3.19. The summed E-state index contributed by atoms with van der Waals surface area (Å²) in [5.41, 5.74) is 10.9. The first-order valence-corrected chi connectivity index (χ1v) is 15.6. The molecule has 10 nitrogen and oxygen atoms in total. The second-order valence-electron chi connectivity index (χ2n) is 10.9. The number of carbonyl (C=O) groups excluding carboxylic acids is 3. The van der Waals surface area contributed by atoms with Crippen LogP contribution in [0, 0.1) is 18.8 Å². The van der Waals surface area contributed by atoms with E-state index in [1.165, 1.54) is 31.2 Å². The fourth-order valence-corrected chi connectivity index (χ4v) is 5.82. The number of ketones is 1. The molecule has 1 saturated carbocycles. The fourth-order valence-electron chi connectivity index (χ4n) is 4.89. The zero-order valence-electron chi connectivity index (χ0n) is 24.7. The van der Waals surface area contributed by atoms with Crippen molar-refractivity contribution in [2.24, 2.45) is 17.6 Å². The smallest absolute Gasteiger partial charge is 0.354 e. The highest BCUT2D eigenvalue weighted by Crippen LogP contribution is 2.28. The topological polar surface area (TPSA) is 154 Å². The predicted octanol–water partition coefficient (Wildman–Crippen LogP) is 4.75. The van der Waals surface area contributed by atoms with E-state index in [0.29, 0.717) is 42.1 Å². The number of hydrogen-bond acceptors (Lipinski definition) is 9. The number of rotatable bonds is 12.